The molecule has 0 unspecified atom stereocenters. The van der Waals surface area contributed by atoms with Crippen LogP contribution in [-0.4, -0.2) is 38.9 Å². The Morgan fingerprint density at radius 1 is 1.18 bits per heavy atom. The van der Waals surface area contributed by atoms with E-state index in [0.29, 0.717) is 31.6 Å². The Kier molecular flexibility index (Phi) is 8.70. The Bertz CT molecular complexity index is 898. The summed E-state index contributed by atoms with van der Waals surface area (Å²) in [6, 6.07) is 8.60. The molecule has 0 fully saturated rings. The molecule has 2 rings (SSSR count). The molecule has 1 N–H and O–H groups in total. The van der Waals surface area contributed by atoms with E-state index in [1.165, 1.54) is 13.3 Å². The van der Waals surface area contributed by atoms with Crippen LogP contribution in [0.15, 0.2) is 44.4 Å². The van der Waals surface area contributed by atoms with Crippen LogP contribution in [0.3, 0.4) is 0 Å². The van der Waals surface area contributed by atoms with Crippen LogP contribution in [0.2, 0.25) is 0 Å². The molecule has 0 aliphatic heterocycles. The highest BCUT2D eigenvalue weighted by Crippen LogP contribution is 2.34. The maximum atomic E-state index is 12.2. The summed E-state index contributed by atoms with van der Waals surface area (Å²) < 4.78 is 17.3. The number of methoxy groups -OCH3 is 2. The number of carbonyl (C=O) groups excluding carboxylic acids is 2. The van der Waals surface area contributed by atoms with Crippen LogP contribution in [0.1, 0.15) is 15.9 Å². The van der Waals surface area contributed by atoms with E-state index in [0.717, 1.165) is 3.57 Å². The van der Waals surface area contributed by atoms with Gasteiger partial charge in [0.2, 0.25) is 0 Å². The first-order valence-corrected chi connectivity index (χ1v) is 10.4. The van der Waals surface area contributed by atoms with Crippen molar-refractivity contribution in [1.29, 1.82) is 0 Å². The normalized spacial score (nSPS) is 10.6. The minimum atomic E-state index is -0.487. The van der Waals surface area contributed by atoms with Crippen molar-refractivity contribution in [2.24, 2.45) is 5.10 Å². The van der Waals surface area contributed by atoms with Gasteiger partial charge in [-0.1, -0.05) is 0 Å². The van der Waals surface area contributed by atoms with E-state index in [9.17, 15) is 9.59 Å². The zero-order valence-electron chi connectivity index (χ0n) is 14.8. The van der Waals surface area contributed by atoms with Crippen LogP contribution in [0.5, 0.6) is 11.5 Å². The fraction of sp³-hybridized carbons (Fsp3) is 0.167. The van der Waals surface area contributed by atoms with E-state index in [-0.39, 0.29) is 12.5 Å². The fourth-order valence-corrected chi connectivity index (χ4v) is 4.02. The molecule has 0 atom stereocenters. The number of hydrogen-bond acceptors (Lipinski definition) is 6. The van der Waals surface area contributed by atoms with Gasteiger partial charge in [0.15, 0.2) is 6.61 Å². The standard InChI is InChI=1S/C18H15Br2IN2O5/c1-26-15-7-11(3-4-14(15)21)18(25)23-22-8-10-5-12(19)17(13(20)6-10)28-9-16(24)27-2/h3-8H,9H2,1-2H3,(H,23,25)/b22-8-. The molecule has 0 bridgehead atoms. The summed E-state index contributed by atoms with van der Waals surface area (Å²) in [6.45, 7) is -0.212. The number of ether oxygens (including phenoxy) is 3. The Morgan fingerprint density at radius 3 is 2.46 bits per heavy atom. The number of hydrogen-bond donors (Lipinski definition) is 1. The molecule has 148 valence electrons. The number of rotatable bonds is 7. The molecule has 0 saturated carbocycles. The van der Waals surface area contributed by atoms with E-state index < -0.39 is 5.97 Å². The molecule has 10 heteroatoms. The Morgan fingerprint density at radius 2 is 1.86 bits per heavy atom. The predicted molar refractivity (Wildman–Crippen MR) is 120 cm³/mol. The number of esters is 1. The number of halogens is 3. The third-order valence-corrected chi connectivity index (χ3v) is 5.44. The molecule has 0 aliphatic carbocycles. The molecule has 2 aromatic rings. The van der Waals surface area contributed by atoms with Gasteiger partial charge < -0.3 is 14.2 Å². The van der Waals surface area contributed by atoms with Crippen LogP contribution in [0.4, 0.5) is 0 Å². The lowest BCUT2D eigenvalue weighted by molar-refractivity contribution is -0.142. The first-order valence-electron chi connectivity index (χ1n) is 7.71. The van der Waals surface area contributed by atoms with Gasteiger partial charge in [0.1, 0.15) is 11.5 Å². The van der Waals surface area contributed by atoms with Crippen molar-refractivity contribution in [3.05, 3.63) is 54.0 Å². The van der Waals surface area contributed by atoms with Gasteiger partial charge in [0.05, 0.1) is 32.9 Å². The van der Waals surface area contributed by atoms with Crippen molar-refractivity contribution in [3.63, 3.8) is 0 Å². The lowest BCUT2D eigenvalue weighted by atomic mass is 10.2. The van der Waals surface area contributed by atoms with Crippen molar-refractivity contribution in [3.8, 4) is 11.5 Å². The highest BCUT2D eigenvalue weighted by atomic mass is 127. The predicted octanol–water partition coefficient (Wildman–Crippen LogP) is 4.14. The summed E-state index contributed by atoms with van der Waals surface area (Å²) >= 11 is 8.88. The zero-order chi connectivity index (χ0) is 20.7. The maximum absolute atomic E-state index is 12.2. The molecular formula is C18H15Br2IN2O5. The lowest BCUT2D eigenvalue weighted by Gasteiger charge is -2.10. The van der Waals surface area contributed by atoms with E-state index in [1.807, 2.05) is 0 Å². The molecule has 0 aromatic heterocycles. The van der Waals surface area contributed by atoms with E-state index in [2.05, 4.69) is 69.7 Å². The number of hydrazone groups is 1. The number of carbonyl (C=O) groups is 2. The topological polar surface area (TPSA) is 86.2 Å². The summed E-state index contributed by atoms with van der Waals surface area (Å²) in [6.07, 6.45) is 1.49. The summed E-state index contributed by atoms with van der Waals surface area (Å²) in [5.41, 5.74) is 3.60. The Labute approximate surface area is 192 Å². The molecule has 0 aliphatic rings. The average Bonchev–Trinajstić information content (AvgIpc) is 2.67. The van der Waals surface area contributed by atoms with Gasteiger partial charge in [-0.3, -0.25) is 4.79 Å². The molecule has 2 aromatic carbocycles. The third kappa shape index (κ3) is 6.17. The Hall–Kier alpha value is -1.66. The summed E-state index contributed by atoms with van der Waals surface area (Å²) in [7, 11) is 2.83. The number of nitrogens with zero attached hydrogens (tertiary/aromatic N) is 1. The van der Waals surface area contributed by atoms with E-state index >= 15 is 0 Å². The monoisotopic (exact) mass is 624 g/mol. The molecular weight excluding hydrogens is 611 g/mol. The van der Waals surface area contributed by atoms with Crippen LogP contribution >= 0.6 is 54.5 Å². The van der Waals surface area contributed by atoms with Crippen LogP contribution in [0.25, 0.3) is 0 Å². The first kappa shape index (κ1) is 22.6. The summed E-state index contributed by atoms with van der Waals surface area (Å²) in [4.78, 5) is 23.4. The van der Waals surface area contributed by atoms with Gasteiger partial charge in [-0.2, -0.15) is 5.10 Å². The van der Waals surface area contributed by atoms with Crippen LogP contribution in [0, 0.1) is 3.57 Å². The lowest BCUT2D eigenvalue weighted by Crippen LogP contribution is -2.17. The zero-order valence-corrected chi connectivity index (χ0v) is 20.1. The van der Waals surface area contributed by atoms with Gasteiger partial charge in [-0.25, -0.2) is 10.2 Å². The summed E-state index contributed by atoms with van der Waals surface area (Å²) in [5, 5.41) is 3.97. The highest BCUT2D eigenvalue weighted by molar-refractivity contribution is 14.1. The van der Waals surface area contributed by atoms with Gasteiger partial charge in [0.25, 0.3) is 5.91 Å². The first-order chi connectivity index (χ1) is 13.3. The molecule has 0 radical (unpaired) electrons. The second-order valence-corrected chi connectivity index (χ2v) is 8.10. The second kappa shape index (κ2) is 10.8. The van der Waals surface area contributed by atoms with Gasteiger partial charge in [-0.15, -0.1) is 0 Å². The van der Waals surface area contributed by atoms with Crippen molar-refractivity contribution in [2.75, 3.05) is 20.8 Å². The van der Waals surface area contributed by atoms with Crippen molar-refractivity contribution in [2.45, 2.75) is 0 Å². The fourth-order valence-electron chi connectivity index (χ4n) is 2.01. The number of amides is 1. The van der Waals surface area contributed by atoms with Crippen molar-refractivity contribution >= 4 is 72.5 Å². The average molecular weight is 626 g/mol. The Balaban J connectivity index is 2.06. The largest absolute Gasteiger partial charge is 0.496 e. The number of nitrogens with one attached hydrogen (secondary N) is 1. The molecule has 1 amide bonds. The van der Waals surface area contributed by atoms with Gasteiger partial charge >= 0.3 is 5.97 Å². The SMILES string of the molecule is COC(=O)COc1c(Br)cc(/C=N\NC(=O)c2ccc(I)c(OC)c2)cc1Br. The minimum absolute atomic E-state index is 0.212. The minimum Gasteiger partial charge on any atom is -0.496 e. The van der Waals surface area contributed by atoms with Crippen molar-refractivity contribution in [1.82, 2.24) is 5.43 Å². The number of benzene rings is 2. The second-order valence-electron chi connectivity index (χ2n) is 5.23. The highest BCUT2D eigenvalue weighted by Gasteiger charge is 2.11. The molecule has 0 saturated heterocycles. The van der Waals surface area contributed by atoms with Crippen molar-refractivity contribution < 1.29 is 23.8 Å². The maximum Gasteiger partial charge on any atom is 0.343 e. The van der Waals surface area contributed by atoms with Gasteiger partial charge in [0, 0.05) is 5.56 Å². The molecule has 7 nitrogen and oxygen atoms in total. The summed E-state index contributed by atoms with van der Waals surface area (Å²) in [5.74, 6) is 0.228. The third-order valence-electron chi connectivity index (χ3n) is 3.38. The molecule has 0 spiro atoms. The van der Waals surface area contributed by atoms with Crippen LogP contribution in [-0.2, 0) is 9.53 Å². The quantitative estimate of drug-likeness (QED) is 0.216. The van der Waals surface area contributed by atoms with E-state index in [4.69, 9.17) is 9.47 Å². The smallest absolute Gasteiger partial charge is 0.343 e. The molecule has 0 heterocycles. The van der Waals surface area contributed by atoms with E-state index in [1.54, 1.807) is 37.4 Å². The van der Waals surface area contributed by atoms with Crippen LogP contribution < -0.4 is 14.9 Å². The molecule has 28 heavy (non-hydrogen) atoms. The van der Waals surface area contributed by atoms with Gasteiger partial charge in [-0.05, 0) is 90.3 Å².